The molecule has 0 aliphatic rings. The first-order valence-corrected chi connectivity index (χ1v) is 9.13. The number of para-hydroxylation sites is 2. The zero-order valence-corrected chi connectivity index (χ0v) is 14.2. The molecule has 3 aromatic heterocycles. The van der Waals surface area contributed by atoms with Crippen LogP contribution in [0.1, 0.15) is 6.92 Å². The molecule has 0 radical (unpaired) electrons. The van der Waals surface area contributed by atoms with Gasteiger partial charge in [0, 0.05) is 10.4 Å². The molecule has 4 rings (SSSR count). The number of rotatable bonds is 4. The average molecular weight is 338 g/mol. The number of ether oxygens (including phenoxy) is 1. The molecule has 3 heterocycles. The maximum atomic E-state index is 5.73. The molecule has 0 unspecified atom stereocenters. The molecule has 0 amide bonds. The van der Waals surface area contributed by atoms with Crippen molar-refractivity contribution in [2.75, 3.05) is 6.61 Å². The van der Waals surface area contributed by atoms with Gasteiger partial charge in [-0.05, 0) is 48.0 Å². The van der Waals surface area contributed by atoms with Crippen LogP contribution in [-0.2, 0) is 0 Å². The van der Waals surface area contributed by atoms with Crippen LogP contribution in [0.2, 0.25) is 0 Å². The van der Waals surface area contributed by atoms with E-state index in [1.807, 2.05) is 31.2 Å². The molecule has 0 fully saturated rings. The van der Waals surface area contributed by atoms with Gasteiger partial charge in [-0.1, -0.05) is 12.1 Å². The van der Waals surface area contributed by atoms with Crippen molar-refractivity contribution in [1.82, 2.24) is 9.97 Å². The molecule has 114 valence electrons. The molecule has 0 saturated heterocycles. The lowest BCUT2D eigenvalue weighted by Gasteiger charge is -2.08. The minimum Gasteiger partial charge on any atom is -0.476 e. The van der Waals surface area contributed by atoms with Gasteiger partial charge in [0.1, 0.15) is 5.69 Å². The molecule has 0 spiro atoms. The van der Waals surface area contributed by atoms with Gasteiger partial charge in [-0.3, -0.25) is 0 Å². The summed E-state index contributed by atoms with van der Waals surface area (Å²) in [6.07, 6.45) is 0. The van der Waals surface area contributed by atoms with E-state index in [0.717, 1.165) is 21.6 Å². The van der Waals surface area contributed by atoms with Crippen molar-refractivity contribution in [3.05, 3.63) is 53.2 Å². The summed E-state index contributed by atoms with van der Waals surface area (Å²) in [6, 6.07) is 14.2. The summed E-state index contributed by atoms with van der Waals surface area (Å²) < 4.78 is 5.73. The number of hydrogen-bond acceptors (Lipinski definition) is 5. The summed E-state index contributed by atoms with van der Waals surface area (Å²) in [6.45, 7) is 2.54. The monoisotopic (exact) mass is 338 g/mol. The van der Waals surface area contributed by atoms with Gasteiger partial charge < -0.3 is 4.74 Å². The molecule has 4 aromatic rings. The van der Waals surface area contributed by atoms with Crippen LogP contribution in [0.15, 0.2) is 53.2 Å². The Morgan fingerprint density at radius 2 is 1.74 bits per heavy atom. The van der Waals surface area contributed by atoms with E-state index in [-0.39, 0.29) is 0 Å². The molecule has 1 aromatic carbocycles. The van der Waals surface area contributed by atoms with Crippen LogP contribution in [0.5, 0.6) is 5.88 Å². The predicted molar refractivity (Wildman–Crippen MR) is 97.3 cm³/mol. The number of fused-ring (bicyclic) bond motifs is 1. The van der Waals surface area contributed by atoms with Gasteiger partial charge in [-0.2, -0.15) is 11.3 Å². The summed E-state index contributed by atoms with van der Waals surface area (Å²) >= 11 is 3.42. The van der Waals surface area contributed by atoms with E-state index in [0.29, 0.717) is 12.5 Å². The Morgan fingerprint density at radius 1 is 0.957 bits per heavy atom. The topological polar surface area (TPSA) is 35.0 Å². The highest BCUT2D eigenvalue weighted by molar-refractivity contribution is 7.19. The third-order valence-electron chi connectivity index (χ3n) is 3.46. The van der Waals surface area contributed by atoms with E-state index < -0.39 is 0 Å². The minimum atomic E-state index is 0.572. The molecule has 0 bridgehead atoms. The first kappa shape index (κ1) is 14.4. The second kappa shape index (κ2) is 6.10. The van der Waals surface area contributed by atoms with Crippen LogP contribution in [0.4, 0.5) is 0 Å². The normalized spacial score (nSPS) is 11.0. The quantitative estimate of drug-likeness (QED) is 0.494. The Morgan fingerprint density at radius 3 is 2.48 bits per heavy atom. The standard InChI is InChI=1S/C18H14N2OS2/c1-2-21-18-17(19-13-5-3-4-6-14(13)20-18)16-8-7-15(23-16)12-9-10-22-11-12/h3-11H,2H2,1H3. The van der Waals surface area contributed by atoms with E-state index in [2.05, 4.69) is 33.9 Å². The van der Waals surface area contributed by atoms with Crippen LogP contribution in [0.3, 0.4) is 0 Å². The molecule has 5 heteroatoms. The summed E-state index contributed by atoms with van der Waals surface area (Å²) in [5.74, 6) is 0.602. The fraction of sp³-hybridized carbons (Fsp3) is 0.111. The second-order valence-electron chi connectivity index (χ2n) is 4.98. The van der Waals surface area contributed by atoms with Gasteiger partial charge in [0.25, 0.3) is 0 Å². The fourth-order valence-electron chi connectivity index (χ4n) is 2.41. The van der Waals surface area contributed by atoms with Crippen LogP contribution in [-0.4, -0.2) is 16.6 Å². The van der Waals surface area contributed by atoms with Gasteiger partial charge in [-0.25, -0.2) is 9.97 Å². The van der Waals surface area contributed by atoms with Gasteiger partial charge in [0.05, 0.1) is 22.5 Å². The van der Waals surface area contributed by atoms with E-state index >= 15 is 0 Å². The third kappa shape index (κ3) is 2.73. The van der Waals surface area contributed by atoms with E-state index in [4.69, 9.17) is 9.72 Å². The van der Waals surface area contributed by atoms with Crippen LogP contribution >= 0.6 is 22.7 Å². The Hall–Kier alpha value is -2.24. The van der Waals surface area contributed by atoms with Crippen molar-refractivity contribution in [3.63, 3.8) is 0 Å². The summed E-state index contributed by atoms with van der Waals surface area (Å²) in [5.41, 5.74) is 3.81. The van der Waals surface area contributed by atoms with Crippen molar-refractivity contribution >= 4 is 33.7 Å². The Labute approximate surface area is 142 Å². The molecule has 0 saturated carbocycles. The average Bonchev–Trinajstić information content (AvgIpc) is 3.26. The molecular formula is C18H14N2OS2. The van der Waals surface area contributed by atoms with E-state index in [1.165, 1.54) is 10.4 Å². The van der Waals surface area contributed by atoms with Crippen LogP contribution < -0.4 is 4.74 Å². The SMILES string of the molecule is CCOc1nc2ccccc2nc1-c1ccc(-c2ccsc2)s1. The first-order valence-electron chi connectivity index (χ1n) is 7.37. The molecule has 23 heavy (non-hydrogen) atoms. The maximum Gasteiger partial charge on any atom is 0.242 e. The van der Waals surface area contributed by atoms with Crippen molar-refractivity contribution in [2.24, 2.45) is 0 Å². The molecule has 0 N–H and O–H groups in total. The van der Waals surface area contributed by atoms with Crippen molar-refractivity contribution in [2.45, 2.75) is 6.92 Å². The molecule has 0 aliphatic carbocycles. The fourth-order valence-corrected chi connectivity index (χ4v) is 4.12. The number of aromatic nitrogens is 2. The summed E-state index contributed by atoms with van der Waals surface area (Å²) in [7, 11) is 0. The Kier molecular flexibility index (Phi) is 3.81. The smallest absolute Gasteiger partial charge is 0.242 e. The second-order valence-corrected chi connectivity index (χ2v) is 6.84. The number of thiophene rings is 2. The first-order chi connectivity index (χ1) is 11.3. The molecule has 0 atom stereocenters. The van der Waals surface area contributed by atoms with Crippen molar-refractivity contribution in [1.29, 1.82) is 0 Å². The number of benzene rings is 1. The van der Waals surface area contributed by atoms with Crippen LogP contribution in [0, 0.1) is 0 Å². The number of hydrogen-bond donors (Lipinski definition) is 0. The lowest BCUT2D eigenvalue weighted by Crippen LogP contribution is -1.99. The largest absolute Gasteiger partial charge is 0.476 e. The van der Waals surface area contributed by atoms with Gasteiger partial charge >= 0.3 is 0 Å². The lowest BCUT2D eigenvalue weighted by atomic mass is 10.2. The van der Waals surface area contributed by atoms with E-state index in [1.54, 1.807) is 22.7 Å². The Balaban J connectivity index is 1.85. The highest BCUT2D eigenvalue weighted by Gasteiger charge is 2.15. The summed E-state index contributed by atoms with van der Waals surface area (Å²) in [5, 5.41) is 4.25. The Bertz CT molecular complexity index is 945. The van der Waals surface area contributed by atoms with Gasteiger partial charge in [0.15, 0.2) is 0 Å². The highest BCUT2D eigenvalue weighted by Crippen LogP contribution is 2.38. The molecule has 3 nitrogen and oxygen atoms in total. The zero-order chi connectivity index (χ0) is 15.6. The minimum absolute atomic E-state index is 0.572. The zero-order valence-electron chi connectivity index (χ0n) is 12.5. The maximum absolute atomic E-state index is 5.73. The van der Waals surface area contributed by atoms with Gasteiger partial charge in [-0.15, -0.1) is 11.3 Å². The highest BCUT2D eigenvalue weighted by atomic mass is 32.1. The van der Waals surface area contributed by atoms with Crippen molar-refractivity contribution < 1.29 is 4.74 Å². The van der Waals surface area contributed by atoms with E-state index in [9.17, 15) is 0 Å². The van der Waals surface area contributed by atoms with Gasteiger partial charge in [0.2, 0.25) is 5.88 Å². The number of nitrogens with zero attached hydrogens (tertiary/aromatic N) is 2. The predicted octanol–water partition coefficient (Wildman–Crippen LogP) is 5.49. The molecular weight excluding hydrogens is 324 g/mol. The third-order valence-corrected chi connectivity index (χ3v) is 5.29. The van der Waals surface area contributed by atoms with Crippen LogP contribution in [0.25, 0.3) is 32.0 Å². The van der Waals surface area contributed by atoms with Crippen molar-refractivity contribution in [3.8, 4) is 26.9 Å². The molecule has 0 aliphatic heterocycles. The lowest BCUT2D eigenvalue weighted by molar-refractivity contribution is 0.328. The summed E-state index contributed by atoms with van der Waals surface area (Å²) in [4.78, 5) is 11.7.